The molecule has 2 fully saturated rings. The van der Waals surface area contributed by atoms with E-state index in [0.717, 1.165) is 13.1 Å². The van der Waals surface area contributed by atoms with E-state index in [1.807, 2.05) is 18.2 Å². The number of hydrogen-bond acceptors (Lipinski definition) is 3. The maximum atomic E-state index is 12.4. The van der Waals surface area contributed by atoms with Crippen LogP contribution in [0, 0.1) is 0 Å². The van der Waals surface area contributed by atoms with E-state index in [-0.39, 0.29) is 5.78 Å². The molecule has 0 aromatic heterocycles. The molecular weight excluding hydrogens is 284 g/mol. The standard InChI is InChI=1S/C17H23ClN2O/c18-16-7-3-2-6-15(16)17(21)13-19-11-8-14(12-19)20-9-4-1-5-10-20/h2-3,6-7,14H,1,4-5,8-13H2. The predicted octanol–water partition coefficient (Wildman–Crippen LogP) is 3.08. The summed E-state index contributed by atoms with van der Waals surface area (Å²) in [6.45, 7) is 5.01. The van der Waals surface area contributed by atoms with Gasteiger partial charge in [0.15, 0.2) is 5.78 Å². The number of carbonyl (C=O) groups excluding carboxylic acids is 1. The zero-order valence-electron chi connectivity index (χ0n) is 12.4. The first-order valence-corrected chi connectivity index (χ1v) is 8.36. The molecule has 0 saturated carbocycles. The Morgan fingerprint density at radius 2 is 1.90 bits per heavy atom. The number of Topliss-reactive ketones (excluding diaryl/α,β-unsaturated/α-hetero) is 1. The molecule has 3 rings (SSSR count). The molecule has 21 heavy (non-hydrogen) atoms. The van der Waals surface area contributed by atoms with Crippen molar-refractivity contribution in [3.8, 4) is 0 Å². The van der Waals surface area contributed by atoms with Crippen LogP contribution in [0.3, 0.4) is 0 Å². The lowest BCUT2D eigenvalue weighted by Gasteiger charge is -2.32. The normalized spacial score (nSPS) is 24.3. The third-order valence-electron chi connectivity index (χ3n) is 4.70. The Morgan fingerprint density at radius 3 is 2.67 bits per heavy atom. The van der Waals surface area contributed by atoms with E-state index in [2.05, 4.69) is 9.80 Å². The van der Waals surface area contributed by atoms with Gasteiger partial charge in [0.1, 0.15) is 0 Å². The highest BCUT2D eigenvalue weighted by molar-refractivity contribution is 6.34. The van der Waals surface area contributed by atoms with Crippen molar-refractivity contribution >= 4 is 17.4 Å². The molecule has 2 aliphatic rings. The number of likely N-dealkylation sites (tertiary alicyclic amines) is 2. The molecule has 3 nitrogen and oxygen atoms in total. The van der Waals surface area contributed by atoms with Gasteiger partial charge in [-0.3, -0.25) is 14.6 Å². The van der Waals surface area contributed by atoms with E-state index in [0.29, 0.717) is 23.2 Å². The number of benzene rings is 1. The maximum absolute atomic E-state index is 12.4. The van der Waals surface area contributed by atoms with Crippen LogP contribution in [0.4, 0.5) is 0 Å². The quantitative estimate of drug-likeness (QED) is 0.799. The SMILES string of the molecule is O=C(CN1CCC(N2CCCCC2)C1)c1ccccc1Cl. The fourth-order valence-corrected chi connectivity index (χ4v) is 3.75. The van der Waals surface area contributed by atoms with Crippen molar-refractivity contribution in [3.05, 3.63) is 34.9 Å². The van der Waals surface area contributed by atoms with E-state index < -0.39 is 0 Å². The van der Waals surface area contributed by atoms with Crippen LogP contribution in [-0.2, 0) is 0 Å². The Kier molecular flexibility index (Phi) is 4.94. The molecule has 1 aromatic carbocycles. The number of ketones is 1. The highest BCUT2D eigenvalue weighted by Gasteiger charge is 2.29. The third-order valence-corrected chi connectivity index (χ3v) is 5.03. The summed E-state index contributed by atoms with van der Waals surface area (Å²) in [5.41, 5.74) is 0.653. The summed E-state index contributed by atoms with van der Waals surface area (Å²) < 4.78 is 0. The van der Waals surface area contributed by atoms with Gasteiger partial charge in [-0.1, -0.05) is 30.2 Å². The van der Waals surface area contributed by atoms with Crippen LogP contribution in [0.5, 0.6) is 0 Å². The second-order valence-corrected chi connectivity index (χ2v) is 6.58. The monoisotopic (exact) mass is 306 g/mol. The number of nitrogens with zero attached hydrogens (tertiary/aromatic N) is 2. The second-order valence-electron chi connectivity index (χ2n) is 6.18. The van der Waals surface area contributed by atoms with E-state index in [1.165, 1.54) is 38.8 Å². The molecular formula is C17H23ClN2O. The molecule has 0 radical (unpaired) electrons. The van der Waals surface area contributed by atoms with Gasteiger partial charge in [-0.05, 0) is 44.5 Å². The average Bonchev–Trinajstić information content (AvgIpc) is 2.97. The number of halogens is 1. The van der Waals surface area contributed by atoms with Gasteiger partial charge < -0.3 is 0 Å². The molecule has 2 saturated heterocycles. The topological polar surface area (TPSA) is 23.6 Å². The van der Waals surface area contributed by atoms with Gasteiger partial charge in [0.05, 0.1) is 11.6 Å². The minimum absolute atomic E-state index is 0.139. The molecule has 2 heterocycles. The number of piperidine rings is 1. The van der Waals surface area contributed by atoms with Crippen molar-refractivity contribution in [1.82, 2.24) is 9.80 Å². The Balaban J connectivity index is 1.55. The fourth-order valence-electron chi connectivity index (χ4n) is 3.51. The van der Waals surface area contributed by atoms with Crippen LogP contribution >= 0.6 is 11.6 Å². The summed E-state index contributed by atoms with van der Waals surface area (Å²) in [5.74, 6) is 0.139. The smallest absolute Gasteiger partial charge is 0.178 e. The highest BCUT2D eigenvalue weighted by atomic mass is 35.5. The van der Waals surface area contributed by atoms with Crippen LogP contribution in [-0.4, -0.2) is 54.3 Å². The summed E-state index contributed by atoms with van der Waals surface area (Å²) in [4.78, 5) is 17.3. The second kappa shape index (κ2) is 6.91. The summed E-state index contributed by atoms with van der Waals surface area (Å²) >= 11 is 6.11. The van der Waals surface area contributed by atoms with Gasteiger partial charge in [0.2, 0.25) is 0 Å². The molecule has 114 valence electrons. The summed E-state index contributed by atoms with van der Waals surface area (Å²) in [5, 5.41) is 0.564. The maximum Gasteiger partial charge on any atom is 0.178 e. The van der Waals surface area contributed by atoms with Gasteiger partial charge in [0, 0.05) is 24.7 Å². The Morgan fingerprint density at radius 1 is 1.14 bits per heavy atom. The average molecular weight is 307 g/mol. The molecule has 1 atom stereocenters. The third kappa shape index (κ3) is 3.65. The Bertz CT molecular complexity index is 499. The fraction of sp³-hybridized carbons (Fsp3) is 0.588. The van der Waals surface area contributed by atoms with Gasteiger partial charge in [-0.2, -0.15) is 0 Å². The van der Waals surface area contributed by atoms with Crippen LogP contribution in [0.15, 0.2) is 24.3 Å². The van der Waals surface area contributed by atoms with E-state index in [4.69, 9.17) is 11.6 Å². The van der Waals surface area contributed by atoms with Gasteiger partial charge in [-0.25, -0.2) is 0 Å². The summed E-state index contributed by atoms with van der Waals surface area (Å²) in [6, 6.07) is 7.99. The molecule has 0 aliphatic carbocycles. The molecule has 2 aliphatic heterocycles. The van der Waals surface area contributed by atoms with Crippen molar-refractivity contribution in [2.24, 2.45) is 0 Å². The van der Waals surface area contributed by atoms with Crippen molar-refractivity contribution in [3.63, 3.8) is 0 Å². The lowest BCUT2D eigenvalue weighted by atomic mass is 10.1. The number of carbonyl (C=O) groups is 1. The minimum Gasteiger partial charge on any atom is -0.299 e. The Hall–Kier alpha value is -0.900. The summed E-state index contributed by atoms with van der Waals surface area (Å²) in [7, 11) is 0. The van der Waals surface area contributed by atoms with E-state index in [1.54, 1.807) is 6.07 Å². The van der Waals surface area contributed by atoms with Gasteiger partial charge >= 0.3 is 0 Å². The first kappa shape index (κ1) is 15.0. The molecule has 1 unspecified atom stereocenters. The van der Waals surface area contributed by atoms with Crippen LogP contribution in [0.2, 0.25) is 5.02 Å². The van der Waals surface area contributed by atoms with Gasteiger partial charge in [-0.15, -0.1) is 0 Å². The first-order valence-electron chi connectivity index (χ1n) is 7.98. The molecule has 0 bridgehead atoms. The Labute approximate surface area is 131 Å². The number of hydrogen-bond donors (Lipinski definition) is 0. The van der Waals surface area contributed by atoms with E-state index >= 15 is 0 Å². The van der Waals surface area contributed by atoms with Crippen molar-refractivity contribution in [1.29, 1.82) is 0 Å². The zero-order chi connectivity index (χ0) is 14.7. The highest BCUT2D eigenvalue weighted by Crippen LogP contribution is 2.21. The minimum atomic E-state index is 0.139. The largest absolute Gasteiger partial charge is 0.299 e. The molecule has 0 N–H and O–H groups in total. The lowest BCUT2D eigenvalue weighted by Crippen LogP contribution is -2.41. The molecule has 0 amide bonds. The van der Waals surface area contributed by atoms with Crippen molar-refractivity contribution in [2.45, 2.75) is 31.7 Å². The molecule has 1 aromatic rings. The van der Waals surface area contributed by atoms with Crippen molar-refractivity contribution in [2.75, 3.05) is 32.7 Å². The first-order chi connectivity index (χ1) is 10.2. The van der Waals surface area contributed by atoms with Crippen LogP contribution in [0.25, 0.3) is 0 Å². The van der Waals surface area contributed by atoms with E-state index in [9.17, 15) is 4.79 Å². The van der Waals surface area contributed by atoms with Crippen LogP contribution < -0.4 is 0 Å². The summed E-state index contributed by atoms with van der Waals surface area (Å²) in [6.07, 6.45) is 5.22. The predicted molar refractivity (Wildman–Crippen MR) is 86.1 cm³/mol. The molecule has 4 heteroatoms. The van der Waals surface area contributed by atoms with Crippen molar-refractivity contribution < 1.29 is 4.79 Å². The van der Waals surface area contributed by atoms with Gasteiger partial charge in [0.25, 0.3) is 0 Å². The lowest BCUT2D eigenvalue weighted by molar-refractivity contribution is 0.0936. The molecule has 0 spiro atoms. The van der Waals surface area contributed by atoms with Crippen LogP contribution in [0.1, 0.15) is 36.0 Å². The zero-order valence-corrected chi connectivity index (χ0v) is 13.2. The number of rotatable bonds is 4.